The predicted molar refractivity (Wildman–Crippen MR) is 106 cm³/mol. The molecule has 27 heavy (non-hydrogen) atoms. The molecule has 0 amide bonds. The molecule has 6 nitrogen and oxygen atoms in total. The molecule has 0 saturated carbocycles. The van der Waals surface area contributed by atoms with Crippen LogP contribution in [0.2, 0.25) is 0 Å². The summed E-state index contributed by atoms with van der Waals surface area (Å²) in [6.45, 7) is 5.20. The Bertz CT molecular complexity index is 1130. The maximum atomic E-state index is 5.71. The molecule has 1 aromatic carbocycles. The summed E-state index contributed by atoms with van der Waals surface area (Å²) in [7, 11) is 0. The summed E-state index contributed by atoms with van der Waals surface area (Å²) in [5, 5.41) is 5.58. The van der Waals surface area contributed by atoms with Crippen LogP contribution in [0.25, 0.3) is 16.3 Å². The van der Waals surface area contributed by atoms with Gasteiger partial charge in [0.1, 0.15) is 24.7 Å². The number of thiophene rings is 1. The molecule has 5 rings (SSSR count). The van der Waals surface area contributed by atoms with E-state index in [-0.39, 0.29) is 0 Å². The third-order valence-corrected chi connectivity index (χ3v) is 5.34. The molecule has 0 radical (unpaired) electrons. The monoisotopic (exact) mass is 378 g/mol. The fourth-order valence-electron chi connectivity index (χ4n) is 3.33. The van der Waals surface area contributed by atoms with Gasteiger partial charge in [0.2, 0.25) is 5.78 Å². The molecule has 0 fully saturated rings. The number of aromatic nitrogens is 3. The minimum atomic E-state index is 0.564. The van der Waals surface area contributed by atoms with Crippen LogP contribution in [0.4, 0.5) is 11.5 Å². The second kappa shape index (κ2) is 6.28. The first kappa shape index (κ1) is 16.1. The number of nitrogens with one attached hydrogen (secondary N) is 1. The van der Waals surface area contributed by atoms with Crippen molar-refractivity contribution in [1.82, 2.24) is 14.4 Å². The average molecular weight is 378 g/mol. The van der Waals surface area contributed by atoms with Crippen molar-refractivity contribution < 1.29 is 9.47 Å². The van der Waals surface area contributed by atoms with Crippen LogP contribution in [0, 0.1) is 13.8 Å². The predicted octanol–water partition coefficient (Wildman–Crippen LogP) is 4.59. The minimum Gasteiger partial charge on any atom is -0.486 e. The molecule has 4 aromatic rings. The first-order chi connectivity index (χ1) is 13.2. The fourth-order valence-corrected chi connectivity index (χ4v) is 4.05. The molecule has 3 aromatic heterocycles. The Balaban J connectivity index is 1.66. The molecule has 1 aliphatic heterocycles. The molecular formula is C20H18N4O2S. The second-order valence-electron chi connectivity index (χ2n) is 6.44. The molecule has 1 N–H and O–H groups in total. The van der Waals surface area contributed by atoms with E-state index >= 15 is 0 Å². The highest BCUT2D eigenvalue weighted by molar-refractivity contribution is 7.13. The van der Waals surface area contributed by atoms with Crippen molar-refractivity contribution in [1.29, 1.82) is 0 Å². The average Bonchev–Trinajstić information content (AvgIpc) is 3.29. The van der Waals surface area contributed by atoms with E-state index in [2.05, 4.69) is 39.1 Å². The first-order valence-electron chi connectivity index (χ1n) is 8.76. The maximum absolute atomic E-state index is 5.71. The van der Waals surface area contributed by atoms with E-state index in [9.17, 15) is 0 Å². The summed E-state index contributed by atoms with van der Waals surface area (Å²) in [4.78, 5) is 10.5. The van der Waals surface area contributed by atoms with E-state index in [0.717, 1.165) is 45.0 Å². The minimum absolute atomic E-state index is 0.564. The Kier molecular flexibility index (Phi) is 3.75. The van der Waals surface area contributed by atoms with Crippen molar-refractivity contribution in [3.63, 3.8) is 0 Å². The van der Waals surface area contributed by atoms with Crippen LogP contribution < -0.4 is 14.8 Å². The van der Waals surface area contributed by atoms with Crippen LogP contribution >= 0.6 is 11.3 Å². The molecule has 0 spiro atoms. The summed E-state index contributed by atoms with van der Waals surface area (Å²) in [5.74, 6) is 3.12. The van der Waals surface area contributed by atoms with Gasteiger partial charge in [-0.3, -0.25) is 4.40 Å². The molecule has 0 atom stereocenters. The zero-order valence-electron chi connectivity index (χ0n) is 15.0. The number of hydrogen-bond donors (Lipinski definition) is 1. The van der Waals surface area contributed by atoms with E-state index in [4.69, 9.17) is 14.5 Å². The summed E-state index contributed by atoms with van der Waals surface area (Å²) in [5.41, 5.74) is 3.83. The Morgan fingerprint density at radius 2 is 1.89 bits per heavy atom. The maximum Gasteiger partial charge on any atom is 0.236 e. The molecule has 4 heterocycles. The molecule has 7 heteroatoms. The molecule has 0 aliphatic carbocycles. The Morgan fingerprint density at radius 3 is 2.70 bits per heavy atom. The van der Waals surface area contributed by atoms with E-state index in [1.54, 1.807) is 11.3 Å². The summed E-state index contributed by atoms with van der Waals surface area (Å²) in [6.07, 6.45) is 0. The lowest BCUT2D eigenvalue weighted by Crippen LogP contribution is -2.15. The fraction of sp³-hybridized carbons (Fsp3) is 0.200. The van der Waals surface area contributed by atoms with Crippen molar-refractivity contribution in [2.24, 2.45) is 0 Å². The number of nitrogens with zero attached hydrogens (tertiary/aromatic N) is 3. The van der Waals surface area contributed by atoms with Crippen LogP contribution in [0.5, 0.6) is 11.5 Å². The second-order valence-corrected chi connectivity index (χ2v) is 7.39. The number of aryl methyl sites for hydroxylation is 2. The van der Waals surface area contributed by atoms with Gasteiger partial charge in [0.25, 0.3) is 0 Å². The van der Waals surface area contributed by atoms with E-state index in [0.29, 0.717) is 19.0 Å². The van der Waals surface area contributed by atoms with Crippen LogP contribution in [0.1, 0.15) is 11.4 Å². The molecule has 136 valence electrons. The standard InChI is InChI=1S/C20H18N4O2S/c1-12-10-13(2)24-19(18(23-20(24)21-12)17-4-3-9-27-17)22-14-5-6-15-16(11-14)26-8-7-25-15/h3-6,9-11,22H,7-8H2,1-2H3. The normalized spacial score (nSPS) is 13.1. The van der Waals surface area contributed by atoms with Gasteiger partial charge < -0.3 is 14.8 Å². The van der Waals surface area contributed by atoms with Gasteiger partial charge in [-0.2, -0.15) is 0 Å². The summed E-state index contributed by atoms with van der Waals surface area (Å²) >= 11 is 1.66. The van der Waals surface area contributed by atoms with Crippen LogP contribution in [0.15, 0.2) is 41.8 Å². The van der Waals surface area contributed by atoms with Crippen LogP contribution in [-0.2, 0) is 0 Å². The zero-order valence-corrected chi connectivity index (χ0v) is 15.8. The molecule has 0 unspecified atom stereocenters. The van der Waals surface area contributed by atoms with E-state index in [1.807, 2.05) is 31.2 Å². The number of fused-ring (bicyclic) bond motifs is 2. The first-order valence-corrected chi connectivity index (χ1v) is 9.64. The van der Waals surface area contributed by atoms with E-state index < -0.39 is 0 Å². The van der Waals surface area contributed by atoms with Gasteiger partial charge in [0.15, 0.2) is 11.5 Å². The quantitative estimate of drug-likeness (QED) is 0.565. The van der Waals surface area contributed by atoms with Gasteiger partial charge in [0, 0.05) is 23.1 Å². The number of hydrogen-bond acceptors (Lipinski definition) is 6. The van der Waals surface area contributed by atoms with Crippen LogP contribution in [0.3, 0.4) is 0 Å². The molecule has 0 bridgehead atoms. The Labute approximate surface area is 160 Å². The smallest absolute Gasteiger partial charge is 0.236 e. The highest BCUT2D eigenvalue weighted by Crippen LogP contribution is 2.37. The lowest BCUT2D eigenvalue weighted by Gasteiger charge is -2.19. The molecular weight excluding hydrogens is 360 g/mol. The Hall–Kier alpha value is -3.06. The molecule has 1 aliphatic rings. The molecule has 0 saturated heterocycles. The van der Waals surface area contributed by atoms with Crippen molar-refractivity contribution >= 4 is 28.6 Å². The summed E-state index contributed by atoms with van der Waals surface area (Å²) in [6, 6.07) is 12.0. The van der Waals surface area contributed by atoms with Gasteiger partial charge in [-0.25, -0.2) is 9.97 Å². The SMILES string of the molecule is Cc1cc(C)n2c(Nc3ccc4c(c3)OCCO4)c(-c3cccs3)nc2n1. The number of rotatable bonds is 3. The van der Waals surface area contributed by atoms with Crippen molar-refractivity contribution in [3.05, 3.63) is 53.2 Å². The van der Waals surface area contributed by atoms with Gasteiger partial charge in [-0.15, -0.1) is 11.3 Å². The van der Waals surface area contributed by atoms with Gasteiger partial charge in [-0.05, 0) is 43.5 Å². The lowest BCUT2D eigenvalue weighted by atomic mass is 10.2. The van der Waals surface area contributed by atoms with Crippen molar-refractivity contribution in [3.8, 4) is 22.1 Å². The largest absolute Gasteiger partial charge is 0.486 e. The highest BCUT2D eigenvalue weighted by atomic mass is 32.1. The van der Waals surface area contributed by atoms with Crippen molar-refractivity contribution in [2.45, 2.75) is 13.8 Å². The number of benzene rings is 1. The lowest BCUT2D eigenvalue weighted by molar-refractivity contribution is 0.171. The van der Waals surface area contributed by atoms with Gasteiger partial charge in [-0.1, -0.05) is 6.07 Å². The topological polar surface area (TPSA) is 60.7 Å². The third kappa shape index (κ3) is 2.80. The zero-order chi connectivity index (χ0) is 18.4. The highest BCUT2D eigenvalue weighted by Gasteiger charge is 2.19. The number of anilines is 2. The summed E-state index contributed by atoms with van der Waals surface area (Å²) < 4.78 is 13.4. The third-order valence-electron chi connectivity index (χ3n) is 4.47. The van der Waals surface area contributed by atoms with Crippen LogP contribution in [-0.4, -0.2) is 27.6 Å². The van der Waals surface area contributed by atoms with Gasteiger partial charge in [0.05, 0.1) is 4.88 Å². The van der Waals surface area contributed by atoms with E-state index in [1.165, 1.54) is 0 Å². The number of ether oxygens (including phenoxy) is 2. The Morgan fingerprint density at radius 1 is 1.04 bits per heavy atom. The van der Waals surface area contributed by atoms with Gasteiger partial charge >= 0.3 is 0 Å². The van der Waals surface area contributed by atoms with Crippen molar-refractivity contribution in [2.75, 3.05) is 18.5 Å². The number of imidazole rings is 1.